The number of nitrogens with zero attached hydrogens (tertiary/aromatic N) is 1. The van der Waals surface area contributed by atoms with Crippen LogP contribution in [0.5, 0.6) is 0 Å². The monoisotopic (exact) mass is 279 g/mol. The summed E-state index contributed by atoms with van der Waals surface area (Å²) in [5.74, 6) is -1.32. The van der Waals surface area contributed by atoms with Crippen LogP contribution in [0.2, 0.25) is 0 Å². The van der Waals surface area contributed by atoms with Gasteiger partial charge in [-0.1, -0.05) is 11.6 Å². The third kappa shape index (κ3) is 3.61. The van der Waals surface area contributed by atoms with Crippen molar-refractivity contribution in [3.8, 4) is 0 Å². The highest BCUT2D eigenvalue weighted by molar-refractivity contribution is 5.94. The van der Waals surface area contributed by atoms with E-state index >= 15 is 0 Å². The number of amides is 1. The molecule has 0 saturated carbocycles. The van der Waals surface area contributed by atoms with E-state index in [2.05, 4.69) is 10.6 Å². The molecule has 7 heteroatoms. The number of rotatable bonds is 4. The number of nitro benzene ring substituents is 1. The predicted octanol–water partition coefficient (Wildman–Crippen LogP) is 1.38. The summed E-state index contributed by atoms with van der Waals surface area (Å²) in [6, 6.07) is 2.83. The first kappa shape index (κ1) is 14.1. The molecule has 1 aromatic carbocycles. The van der Waals surface area contributed by atoms with Crippen LogP contribution >= 0.6 is 0 Å². The largest absolute Gasteiger partial charge is 0.348 e. The number of nitrogens with one attached hydrogen (secondary N) is 2. The molecule has 0 spiro atoms. The molecule has 20 heavy (non-hydrogen) atoms. The van der Waals surface area contributed by atoms with E-state index in [9.17, 15) is 19.3 Å². The molecule has 0 radical (unpaired) electrons. The Hall–Kier alpha value is -2.28. The Labute approximate surface area is 114 Å². The van der Waals surface area contributed by atoms with E-state index in [1.807, 2.05) is 6.08 Å². The minimum atomic E-state index is -0.801. The normalized spacial score (nSPS) is 14.6. The molecule has 0 aliphatic carbocycles. The van der Waals surface area contributed by atoms with Crippen LogP contribution in [0.15, 0.2) is 29.8 Å². The summed E-state index contributed by atoms with van der Waals surface area (Å²) < 4.78 is 13.2. The lowest BCUT2D eigenvalue weighted by atomic mass is 10.1. The molecule has 1 aliphatic rings. The van der Waals surface area contributed by atoms with Crippen molar-refractivity contribution in [2.45, 2.75) is 6.42 Å². The highest BCUT2D eigenvalue weighted by Gasteiger charge is 2.15. The average molecular weight is 279 g/mol. The van der Waals surface area contributed by atoms with Gasteiger partial charge in [0.05, 0.1) is 11.0 Å². The Bertz CT molecular complexity index is 572. The fourth-order valence-corrected chi connectivity index (χ4v) is 1.94. The van der Waals surface area contributed by atoms with E-state index in [-0.39, 0.29) is 5.56 Å². The lowest BCUT2D eigenvalue weighted by molar-refractivity contribution is -0.385. The van der Waals surface area contributed by atoms with Crippen molar-refractivity contribution in [1.29, 1.82) is 0 Å². The van der Waals surface area contributed by atoms with Crippen molar-refractivity contribution in [2.24, 2.45) is 0 Å². The van der Waals surface area contributed by atoms with Crippen LogP contribution in [-0.2, 0) is 0 Å². The molecular weight excluding hydrogens is 265 g/mol. The lowest BCUT2D eigenvalue weighted by Gasteiger charge is -2.14. The zero-order valence-electron chi connectivity index (χ0n) is 10.7. The highest BCUT2D eigenvalue weighted by atomic mass is 19.1. The molecule has 0 fully saturated rings. The van der Waals surface area contributed by atoms with Gasteiger partial charge in [0.15, 0.2) is 0 Å². The van der Waals surface area contributed by atoms with Gasteiger partial charge in [0.1, 0.15) is 5.82 Å². The minimum Gasteiger partial charge on any atom is -0.348 e. The third-order valence-corrected chi connectivity index (χ3v) is 2.99. The Kier molecular flexibility index (Phi) is 4.41. The molecular formula is C13H14FN3O3. The van der Waals surface area contributed by atoms with Gasteiger partial charge in [-0.3, -0.25) is 14.9 Å². The molecule has 1 heterocycles. The summed E-state index contributed by atoms with van der Waals surface area (Å²) in [6.45, 7) is 1.98. The molecule has 0 atom stereocenters. The van der Waals surface area contributed by atoms with Crippen molar-refractivity contribution < 1.29 is 14.1 Å². The average Bonchev–Trinajstić information content (AvgIpc) is 2.45. The van der Waals surface area contributed by atoms with Crippen molar-refractivity contribution in [1.82, 2.24) is 10.6 Å². The van der Waals surface area contributed by atoms with E-state index in [0.717, 1.165) is 43.3 Å². The number of hydrogen-bond acceptors (Lipinski definition) is 4. The SMILES string of the molecule is O=C(NCC1=CCNCC1)c1cc(F)cc([N+](=O)[O-])c1. The van der Waals surface area contributed by atoms with Gasteiger partial charge in [-0.15, -0.1) is 0 Å². The number of carbonyl (C=O) groups excluding carboxylic acids is 1. The molecule has 2 N–H and O–H groups in total. The quantitative estimate of drug-likeness (QED) is 0.495. The van der Waals surface area contributed by atoms with E-state index in [1.165, 1.54) is 0 Å². The van der Waals surface area contributed by atoms with Crippen LogP contribution in [-0.4, -0.2) is 30.5 Å². The number of non-ortho nitro benzene ring substituents is 1. The van der Waals surface area contributed by atoms with Gasteiger partial charge in [0.25, 0.3) is 11.6 Å². The van der Waals surface area contributed by atoms with Crippen molar-refractivity contribution >= 4 is 11.6 Å². The van der Waals surface area contributed by atoms with E-state index in [0.29, 0.717) is 6.54 Å². The van der Waals surface area contributed by atoms with Gasteiger partial charge in [0.2, 0.25) is 0 Å². The fraction of sp³-hybridized carbons (Fsp3) is 0.308. The Balaban J connectivity index is 2.05. The molecule has 1 amide bonds. The molecule has 0 unspecified atom stereocenters. The number of hydrogen-bond donors (Lipinski definition) is 2. The number of nitro groups is 1. The molecule has 0 saturated heterocycles. The molecule has 0 bridgehead atoms. The second-order valence-electron chi connectivity index (χ2n) is 4.45. The van der Waals surface area contributed by atoms with Crippen LogP contribution in [0.25, 0.3) is 0 Å². The van der Waals surface area contributed by atoms with Gasteiger partial charge >= 0.3 is 0 Å². The molecule has 1 aliphatic heterocycles. The first-order valence-corrected chi connectivity index (χ1v) is 6.18. The van der Waals surface area contributed by atoms with E-state index < -0.39 is 22.3 Å². The Morgan fingerprint density at radius 3 is 2.90 bits per heavy atom. The summed E-state index contributed by atoms with van der Waals surface area (Å²) in [5.41, 5.74) is 0.602. The van der Waals surface area contributed by atoms with E-state index in [1.54, 1.807) is 0 Å². The summed E-state index contributed by atoms with van der Waals surface area (Å²) in [6.07, 6.45) is 2.82. The number of benzene rings is 1. The van der Waals surface area contributed by atoms with Crippen LogP contribution in [0.1, 0.15) is 16.8 Å². The van der Waals surface area contributed by atoms with E-state index in [4.69, 9.17) is 0 Å². The van der Waals surface area contributed by atoms with Gasteiger partial charge < -0.3 is 10.6 Å². The maximum Gasteiger partial charge on any atom is 0.273 e. The van der Waals surface area contributed by atoms with Crippen LogP contribution < -0.4 is 10.6 Å². The summed E-state index contributed by atoms with van der Waals surface area (Å²) in [7, 11) is 0. The van der Waals surface area contributed by atoms with Gasteiger partial charge in [-0.2, -0.15) is 0 Å². The zero-order chi connectivity index (χ0) is 14.5. The summed E-state index contributed by atoms with van der Waals surface area (Å²) in [4.78, 5) is 21.8. The molecule has 6 nitrogen and oxygen atoms in total. The topological polar surface area (TPSA) is 84.3 Å². The standard InChI is InChI=1S/C13H14FN3O3/c14-11-5-10(6-12(7-11)17(19)20)13(18)16-8-9-1-3-15-4-2-9/h1,5-7,15H,2-4,8H2,(H,16,18). The number of halogens is 1. The second-order valence-corrected chi connectivity index (χ2v) is 4.45. The Morgan fingerprint density at radius 2 is 2.25 bits per heavy atom. The van der Waals surface area contributed by atoms with Crippen molar-refractivity contribution in [3.63, 3.8) is 0 Å². The predicted molar refractivity (Wildman–Crippen MR) is 71.0 cm³/mol. The van der Waals surface area contributed by atoms with Gasteiger partial charge in [-0.25, -0.2) is 4.39 Å². The van der Waals surface area contributed by atoms with Crippen LogP contribution in [0, 0.1) is 15.9 Å². The van der Waals surface area contributed by atoms with Crippen LogP contribution in [0.4, 0.5) is 10.1 Å². The highest BCUT2D eigenvalue weighted by Crippen LogP contribution is 2.16. The number of carbonyl (C=O) groups is 1. The first-order valence-electron chi connectivity index (χ1n) is 6.18. The van der Waals surface area contributed by atoms with Crippen molar-refractivity contribution in [2.75, 3.05) is 19.6 Å². The Morgan fingerprint density at radius 1 is 1.45 bits per heavy atom. The third-order valence-electron chi connectivity index (χ3n) is 2.99. The zero-order valence-corrected chi connectivity index (χ0v) is 10.7. The molecule has 106 valence electrons. The smallest absolute Gasteiger partial charge is 0.273 e. The summed E-state index contributed by atoms with van der Waals surface area (Å²) in [5, 5.41) is 16.4. The fourth-order valence-electron chi connectivity index (χ4n) is 1.94. The van der Waals surface area contributed by atoms with Crippen molar-refractivity contribution in [3.05, 3.63) is 51.3 Å². The second kappa shape index (κ2) is 6.25. The van der Waals surface area contributed by atoms with Gasteiger partial charge in [0, 0.05) is 24.7 Å². The molecule has 1 aromatic rings. The maximum absolute atomic E-state index is 13.2. The first-order chi connectivity index (χ1) is 9.56. The molecule has 2 rings (SSSR count). The molecule has 0 aromatic heterocycles. The van der Waals surface area contributed by atoms with Gasteiger partial charge in [-0.05, 0) is 19.0 Å². The summed E-state index contributed by atoms with van der Waals surface area (Å²) >= 11 is 0. The maximum atomic E-state index is 13.2. The van der Waals surface area contributed by atoms with Crippen LogP contribution in [0.3, 0.4) is 0 Å². The lowest BCUT2D eigenvalue weighted by Crippen LogP contribution is -2.29. The minimum absolute atomic E-state index is 0.0498.